The SMILES string of the molecule is Cc1cc(N(C)C)ccc1NC(=O)N(C)CC(C)(C)O. The maximum absolute atomic E-state index is 12.1. The first-order valence-electron chi connectivity index (χ1n) is 6.62. The first-order chi connectivity index (χ1) is 9.10. The van der Waals surface area contributed by atoms with E-state index in [9.17, 15) is 9.90 Å². The average Bonchev–Trinajstić information content (AvgIpc) is 2.29. The fourth-order valence-electron chi connectivity index (χ4n) is 1.93. The van der Waals surface area contributed by atoms with Crippen LogP contribution in [0.5, 0.6) is 0 Å². The second kappa shape index (κ2) is 6.13. The number of aryl methyl sites for hydroxylation is 1. The van der Waals surface area contributed by atoms with Gasteiger partial charge in [-0.3, -0.25) is 0 Å². The van der Waals surface area contributed by atoms with Crippen LogP contribution < -0.4 is 10.2 Å². The minimum atomic E-state index is -0.907. The number of amides is 2. The van der Waals surface area contributed by atoms with E-state index in [0.29, 0.717) is 0 Å². The van der Waals surface area contributed by atoms with Crippen LogP contribution in [0.1, 0.15) is 19.4 Å². The van der Waals surface area contributed by atoms with Gasteiger partial charge in [-0.05, 0) is 44.5 Å². The maximum atomic E-state index is 12.1. The molecule has 0 spiro atoms. The zero-order valence-electron chi connectivity index (χ0n) is 13.2. The van der Waals surface area contributed by atoms with Crippen molar-refractivity contribution < 1.29 is 9.90 Å². The summed E-state index contributed by atoms with van der Waals surface area (Å²) in [6, 6.07) is 5.64. The Morgan fingerprint density at radius 3 is 2.35 bits per heavy atom. The molecule has 1 aromatic rings. The summed E-state index contributed by atoms with van der Waals surface area (Å²) in [4.78, 5) is 15.5. The molecule has 0 heterocycles. The molecule has 0 radical (unpaired) electrons. The number of likely N-dealkylation sites (N-methyl/N-ethyl adjacent to an activating group) is 1. The number of hydrogen-bond donors (Lipinski definition) is 2. The van der Waals surface area contributed by atoms with E-state index in [2.05, 4.69) is 5.32 Å². The Balaban J connectivity index is 2.76. The van der Waals surface area contributed by atoms with Crippen LogP contribution in [-0.2, 0) is 0 Å². The molecule has 1 aromatic carbocycles. The Kier molecular flexibility index (Phi) is 5.00. The van der Waals surface area contributed by atoms with Crippen molar-refractivity contribution in [2.75, 3.05) is 37.9 Å². The highest BCUT2D eigenvalue weighted by atomic mass is 16.3. The van der Waals surface area contributed by atoms with Crippen LogP contribution >= 0.6 is 0 Å². The summed E-state index contributed by atoms with van der Waals surface area (Å²) in [5.74, 6) is 0. The quantitative estimate of drug-likeness (QED) is 0.889. The van der Waals surface area contributed by atoms with E-state index in [1.807, 2.05) is 44.1 Å². The van der Waals surface area contributed by atoms with Gasteiger partial charge in [-0.1, -0.05) is 0 Å². The van der Waals surface area contributed by atoms with Crippen molar-refractivity contribution in [3.05, 3.63) is 23.8 Å². The third kappa shape index (κ3) is 4.74. The molecule has 2 amide bonds. The molecule has 0 aliphatic heterocycles. The van der Waals surface area contributed by atoms with E-state index in [-0.39, 0.29) is 12.6 Å². The number of carbonyl (C=O) groups is 1. The van der Waals surface area contributed by atoms with E-state index in [0.717, 1.165) is 16.9 Å². The Labute approximate surface area is 121 Å². The molecule has 2 N–H and O–H groups in total. The molecule has 5 heteroatoms. The molecular weight excluding hydrogens is 254 g/mol. The fraction of sp³-hybridized carbons (Fsp3) is 0.533. The lowest BCUT2D eigenvalue weighted by molar-refractivity contribution is 0.0550. The number of hydrogen-bond acceptors (Lipinski definition) is 3. The summed E-state index contributed by atoms with van der Waals surface area (Å²) in [7, 11) is 5.62. The van der Waals surface area contributed by atoms with Gasteiger partial charge in [0.25, 0.3) is 0 Å². The standard InChI is InChI=1S/C15H25N3O2/c1-11-9-12(17(4)5)7-8-13(11)16-14(19)18(6)10-15(2,3)20/h7-9,20H,10H2,1-6H3,(H,16,19). The highest BCUT2D eigenvalue weighted by Crippen LogP contribution is 2.21. The van der Waals surface area contributed by atoms with Gasteiger partial charge in [0.05, 0.1) is 12.1 Å². The van der Waals surface area contributed by atoms with Gasteiger partial charge < -0.3 is 20.2 Å². The minimum absolute atomic E-state index is 0.229. The second-order valence-corrected chi connectivity index (χ2v) is 5.99. The molecule has 1 rings (SSSR count). The zero-order valence-corrected chi connectivity index (χ0v) is 13.2. The Morgan fingerprint density at radius 1 is 1.30 bits per heavy atom. The number of benzene rings is 1. The predicted octanol–water partition coefficient (Wildman–Crippen LogP) is 2.30. The van der Waals surface area contributed by atoms with Crippen molar-refractivity contribution in [1.29, 1.82) is 0 Å². The lowest BCUT2D eigenvalue weighted by atomic mass is 10.1. The number of carbonyl (C=O) groups excluding carboxylic acids is 1. The molecule has 0 saturated heterocycles. The molecule has 0 unspecified atom stereocenters. The smallest absolute Gasteiger partial charge is 0.321 e. The third-order valence-corrected chi connectivity index (χ3v) is 2.94. The van der Waals surface area contributed by atoms with E-state index in [1.165, 1.54) is 4.90 Å². The molecule has 0 bridgehead atoms. The van der Waals surface area contributed by atoms with Crippen molar-refractivity contribution in [2.45, 2.75) is 26.4 Å². The van der Waals surface area contributed by atoms with Gasteiger partial charge in [0.2, 0.25) is 0 Å². The highest BCUT2D eigenvalue weighted by molar-refractivity contribution is 5.90. The molecule has 0 aromatic heterocycles. The number of anilines is 2. The van der Waals surface area contributed by atoms with Gasteiger partial charge >= 0.3 is 6.03 Å². The van der Waals surface area contributed by atoms with Crippen molar-refractivity contribution in [3.63, 3.8) is 0 Å². The number of nitrogens with zero attached hydrogens (tertiary/aromatic N) is 2. The van der Waals surface area contributed by atoms with Crippen LogP contribution in [0.3, 0.4) is 0 Å². The molecule has 20 heavy (non-hydrogen) atoms. The van der Waals surface area contributed by atoms with Gasteiger partial charge in [0.1, 0.15) is 0 Å². The minimum Gasteiger partial charge on any atom is -0.389 e. The van der Waals surface area contributed by atoms with Gasteiger partial charge in [-0.25, -0.2) is 4.79 Å². The molecule has 0 atom stereocenters. The van der Waals surface area contributed by atoms with Crippen LogP contribution in [-0.4, -0.2) is 49.3 Å². The molecule has 112 valence electrons. The van der Waals surface area contributed by atoms with Gasteiger partial charge in [-0.15, -0.1) is 0 Å². The van der Waals surface area contributed by atoms with Crippen molar-refractivity contribution in [2.24, 2.45) is 0 Å². The normalized spacial score (nSPS) is 11.2. The lowest BCUT2D eigenvalue weighted by Gasteiger charge is -2.26. The van der Waals surface area contributed by atoms with Gasteiger partial charge in [-0.2, -0.15) is 0 Å². The number of nitrogens with one attached hydrogen (secondary N) is 1. The van der Waals surface area contributed by atoms with Crippen LogP contribution in [0.2, 0.25) is 0 Å². The van der Waals surface area contributed by atoms with Crippen LogP contribution in [0.4, 0.5) is 16.2 Å². The molecule has 5 nitrogen and oxygen atoms in total. The summed E-state index contributed by atoms with van der Waals surface area (Å²) in [6.07, 6.45) is 0. The van der Waals surface area contributed by atoms with E-state index >= 15 is 0 Å². The second-order valence-electron chi connectivity index (χ2n) is 5.99. The van der Waals surface area contributed by atoms with Crippen molar-refractivity contribution in [1.82, 2.24) is 4.90 Å². The monoisotopic (exact) mass is 279 g/mol. The topological polar surface area (TPSA) is 55.8 Å². The zero-order chi connectivity index (χ0) is 15.5. The largest absolute Gasteiger partial charge is 0.389 e. The summed E-state index contributed by atoms with van der Waals surface area (Å²) < 4.78 is 0. The lowest BCUT2D eigenvalue weighted by Crippen LogP contribution is -2.41. The first-order valence-corrected chi connectivity index (χ1v) is 6.62. The van der Waals surface area contributed by atoms with Crippen LogP contribution in [0, 0.1) is 6.92 Å². The van der Waals surface area contributed by atoms with Crippen LogP contribution in [0.15, 0.2) is 18.2 Å². The highest BCUT2D eigenvalue weighted by Gasteiger charge is 2.19. The molecular formula is C15H25N3O2. The fourth-order valence-corrected chi connectivity index (χ4v) is 1.93. The molecule has 0 saturated carbocycles. The van der Waals surface area contributed by atoms with Gasteiger partial charge in [0.15, 0.2) is 0 Å². The molecule has 0 fully saturated rings. The summed E-state index contributed by atoms with van der Waals surface area (Å²) in [6.45, 7) is 5.58. The maximum Gasteiger partial charge on any atom is 0.321 e. The van der Waals surface area contributed by atoms with E-state index in [4.69, 9.17) is 0 Å². The Morgan fingerprint density at radius 2 is 1.90 bits per heavy atom. The summed E-state index contributed by atoms with van der Waals surface area (Å²) >= 11 is 0. The first kappa shape index (κ1) is 16.3. The number of urea groups is 1. The number of rotatable bonds is 4. The Hall–Kier alpha value is -1.75. The predicted molar refractivity (Wildman–Crippen MR) is 83.5 cm³/mol. The summed E-state index contributed by atoms with van der Waals surface area (Å²) in [5, 5.41) is 12.6. The van der Waals surface area contributed by atoms with Crippen molar-refractivity contribution >= 4 is 17.4 Å². The van der Waals surface area contributed by atoms with E-state index < -0.39 is 5.60 Å². The van der Waals surface area contributed by atoms with Gasteiger partial charge in [0, 0.05) is 32.5 Å². The Bertz CT molecular complexity index is 478. The van der Waals surface area contributed by atoms with Crippen molar-refractivity contribution in [3.8, 4) is 0 Å². The number of aliphatic hydroxyl groups is 1. The average molecular weight is 279 g/mol. The van der Waals surface area contributed by atoms with Crippen LogP contribution in [0.25, 0.3) is 0 Å². The molecule has 0 aliphatic rings. The third-order valence-electron chi connectivity index (χ3n) is 2.94. The van der Waals surface area contributed by atoms with E-state index in [1.54, 1.807) is 20.9 Å². The summed E-state index contributed by atoms with van der Waals surface area (Å²) in [5.41, 5.74) is 1.96. The molecule has 0 aliphatic carbocycles.